The van der Waals surface area contributed by atoms with Gasteiger partial charge in [0.25, 0.3) is 11.5 Å². The molecule has 0 aliphatic carbocycles. The van der Waals surface area contributed by atoms with Crippen LogP contribution in [0.5, 0.6) is 0 Å². The Morgan fingerprint density at radius 1 is 1.45 bits per heavy atom. The Morgan fingerprint density at radius 2 is 2.14 bits per heavy atom. The number of nitrogens with one attached hydrogen (secondary N) is 1. The fourth-order valence-electron chi connectivity index (χ4n) is 2.36. The Balaban J connectivity index is 2.26. The third-order valence-electron chi connectivity index (χ3n) is 3.41. The van der Waals surface area contributed by atoms with E-state index in [1.165, 1.54) is 0 Å². The van der Waals surface area contributed by atoms with Crippen molar-refractivity contribution in [3.63, 3.8) is 0 Å². The van der Waals surface area contributed by atoms with Crippen LogP contribution in [0.3, 0.4) is 0 Å². The first-order chi connectivity index (χ1) is 10.3. The van der Waals surface area contributed by atoms with E-state index >= 15 is 0 Å². The van der Waals surface area contributed by atoms with Gasteiger partial charge in [0.2, 0.25) is 11.2 Å². The van der Waals surface area contributed by atoms with E-state index in [-0.39, 0.29) is 17.1 Å². The number of nitrogen functional groups attached to an aromatic ring is 1. The van der Waals surface area contributed by atoms with E-state index in [2.05, 4.69) is 15.0 Å². The highest BCUT2D eigenvalue weighted by molar-refractivity contribution is 6.29. The van der Waals surface area contributed by atoms with E-state index < -0.39 is 41.7 Å². The van der Waals surface area contributed by atoms with Crippen LogP contribution in [-0.4, -0.2) is 64.9 Å². The van der Waals surface area contributed by atoms with Crippen LogP contribution < -0.4 is 11.3 Å². The summed E-state index contributed by atoms with van der Waals surface area (Å²) in [4.78, 5) is 21.5. The molecule has 1 aliphatic heterocycles. The number of nitrogens with zero attached hydrogens (tertiary/aromatic N) is 3. The molecule has 1 aliphatic rings. The van der Waals surface area contributed by atoms with Crippen LogP contribution in [0.4, 0.5) is 5.95 Å². The molecule has 7 N–H and O–H groups in total. The lowest BCUT2D eigenvalue weighted by atomic mass is 10.1. The standard InChI is InChI=1S/C10H12ClN5O6/c11-8-13-3-6(14-9(12)15-7(3)20)16(8)10(21)5(19)4(18)2(1-17)22-10/h2,4-5,17-19,21H,1H2,(H3,12,14,15,20)/t2-,4-,5-,10+/m1/s1. The van der Waals surface area contributed by atoms with Gasteiger partial charge in [0, 0.05) is 0 Å². The minimum absolute atomic E-state index is 0.245. The fourth-order valence-corrected chi connectivity index (χ4v) is 2.65. The topological polar surface area (TPSA) is 180 Å². The van der Waals surface area contributed by atoms with Crippen molar-refractivity contribution in [1.29, 1.82) is 0 Å². The van der Waals surface area contributed by atoms with Crippen LogP contribution in [0, 0.1) is 0 Å². The predicted octanol–water partition coefficient (Wildman–Crippen LogP) is -2.93. The maximum atomic E-state index is 11.8. The molecule has 12 heteroatoms. The molecule has 120 valence electrons. The Bertz CT molecular complexity index is 792. The average molecular weight is 334 g/mol. The van der Waals surface area contributed by atoms with Crippen molar-refractivity contribution in [2.75, 3.05) is 12.3 Å². The minimum atomic E-state index is -2.58. The molecule has 0 radical (unpaired) electrons. The Kier molecular flexibility index (Phi) is 3.36. The number of aromatic nitrogens is 4. The number of ether oxygens (including phenoxy) is 1. The summed E-state index contributed by atoms with van der Waals surface area (Å²) in [6.07, 6.45) is -4.74. The number of hydrogen-bond donors (Lipinski definition) is 6. The van der Waals surface area contributed by atoms with E-state index in [9.17, 15) is 20.1 Å². The zero-order chi connectivity index (χ0) is 16.2. The summed E-state index contributed by atoms with van der Waals surface area (Å²) in [6.45, 7) is -0.666. The number of anilines is 1. The molecule has 3 heterocycles. The van der Waals surface area contributed by atoms with Gasteiger partial charge in [-0.05, 0) is 11.6 Å². The molecule has 1 saturated heterocycles. The fraction of sp³-hybridized carbons (Fsp3) is 0.500. The molecule has 22 heavy (non-hydrogen) atoms. The van der Waals surface area contributed by atoms with Gasteiger partial charge in [0.1, 0.15) is 12.2 Å². The van der Waals surface area contributed by atoms with Crippen LogP contribution in [0.2, 0.25) is 5.28 Å². The van der Waals surface area contributed by atoms with E-state index in [0.717, 1.165) is 4.57 Å². The predicted molar refractivity (Wildman–Crippen MR) is 71.7 cm³/mol. The van der Waals surface area contributed by atoms with Gasteiger partial charge in [-0.3, -0.25) is 9.78 Å². The molecule has 1 fully saturated rings. The van der Waals surface area contributed by atoms with Gasteiger partial charge in [-0.15, -0.1) is 0 Å². The van der Waals surface area contributed by atoms with Crippen molar-refractivity contribution in [3.05, 3.63) is 15.6 Å². The van der Waals surface area contributed by atoms with Gasteiger partial charge in [0.05, 0.1) is 6.61 Å². The number of halogens is 1. The van der Waals surface area contributed by atoms with Crippen molar-refractivity contribution >= 4 is 28.7 Å². The molecule has 3 rings (SSSR count). The molecule has 0 saturated carbocycles. The summed E-state index contributed by atoms with van der Waals surface area (Å²) in [5, 5.41) is 39.0. The SMILES string of the molecule is Nc1nc2c(nc(Cl)n2[C@@]2(O)O[C@H](CO)[C@@H](O)[C@H]2O)c(=O)[nH]1. The van der Waals surface area contributed by atoms with Crippen LogP contribution in [0.25, 0.3) is 11.2 Å². The quantitative estimate of drug-likeness (QED) is 0.313. The maximum absolute atomic E-state index is 11.8. The summed E-state index contributed by atoms with van der Waals surface area (Å²) in [5.41, 5.74) is 4.23. The molecule has 2 aromatic heterocycles. The van der Waals surface area contributed by atoms with E-state index in [4.69, 9.17) is 27.2 Å². The van der Waals surface area contributed by atoms with Crippen molar-refractivity contribution in [1.82, 2.24) is 19.5 Å². The molecule has 4 atom stereocenters. The number of hydrogen-bond acceptors (Lipinski definition) is 9. The second-order valence-corrected chi connectivity index (χ2v) is 5.11. The van der Waals surface area contributed by atoms with E-state index in [0.29, 0.717) is 0 Å². The lowest BCUT2D eigenvalue weighted by molar-refractivity contribution is -0.286. The Morgan fingerprint density at radius 3 is 2.73 bits per heavy atom. The summed E-state index contributed by atoms with van der Waals surface area (Å²) in [5.74, 6) is -2.85. The van der Waals surface area contributed by atoms with Gasteiger partial charge in [-0.25, -0.2) is 9.55 Å². The summed E-state index contributed by atoms with van der Waals surface area (Å²) in [7, 11) is 0. The molecular weight excluding hydrogens is 322 g/mol. The van der Waals surface area contributed by atoms with Gasteiger partial charge < -0.3 is 30.9 Å². The monoisotopic (exact) mass is 333 g/mol. The number of fused-ring (bicyclic) bond motifs is 1. The Hall–Kier alpha value is -1.76. The average Bonchev–Trinajstić information content (AvgIpc) is 2.89. The molecule has 0 unspecified atom stereocenters. The van der Waals surface area contributed by atoms with Gasteiger partial charge in [0.15, 0.2) is 17.3 Å². The molecule has 11 nitrogen and oxygen atoms in total. The third kappa shape index (κ3) is 1.91. The highest BCUT2D eigenvalue weighted by Crippen LogP contribution is 2.37. The normalized spacial score (nSPS) is 32.0. The lowest BCUT2D eigenvalue weighted by Crippen LogP contribution is -2.45. The largest absolute Gasteiger partial charge is 0.394 e. The van der Waals surface area contributed by atoms with Gasteiger partial charge >= 0.3 is 0 Å². The minimum Gasteiger partial charge on any atom is -0.394 e. The van der Waals surface area contributed by atoms with Crippen LogP contribution >= 0.6 is 11.6 Å². The number of rotatable bonds is 2. The van der Waals surface area contributed by atoms with Gasteiger partial charge in [-0.1, -0.05) is 0 Å². The van der Waals surface area contributed by atoms with Crippen molar-refractivity contribution in [3.8, 4) is 0 Å². The van der Waals surface area contributed by atoms with Crippen molar-refractivity contribution in [2.45, 2.75) is 24.2 Å². The van der Waals surface area contributed by atoms with Crippen LogP contribution in [-0.2, 0) is 10.6 Å². The Labute approximate surface area is 126 Å². The number of aliphatic hydroxyl groups is 4. The first-order valence-electron chi connectivity index (χ1n) is 6.11. The first kappa shape index (κ1) is 15.1. The molecule has 0 aromatic carbocycles. The molecule has 2 aromatic rings. The van der Waals surface area contributed by atoms with E-state index in [1.807, 2.05) is 0 Å². The molecule has 0 spiro atoms. The number of aromatic amines is 1. The first-order valence-corrected chi connectivity index (χ1v) is 6.48. The highest BCUT2D eigenvalue weighted by atomic mass is 35.5. The smallest absolute Gasteiger partial charge is 0.287 e. The molecule has 0 bridgehead atoms. The maximum Gasteiger partial charge on any atom is 0.287 e. The summed E-state index contributed by atoms with van der Waals surface area (Å²) < 4.78 is 5.81. The third-order valence-corrected chi connectivity index (χ3v) is 3.66. The second-order valence-electron chi connectivity index (χ2n) is 4.77. The van der Waals surface area contributed by atoms with Crippen molar-refractivity contribution < 1.29 is 25.2 Å². The van der Waals surface area contributed by atoms with Gasteiger partial charge in [-0.2, -0.15) is 4.98 Å². The molecular formula is C10H12ClN5O6. The zero-order valence-electron chi connectivity index (χ0n) is 10.8. The number of imidazole rings is 1. The second kappa shape index (κ2) is 4.87. The number of nitrogens with two attached hydrogens (primary N) is 1. The van der Waals surface area contributed by atoms with Crippen LogP contribution in [0.1, 0.15) is 0 Å². The van der Waals surface area contributed by atoms with Crippen molar-refractivity contribution in [2.24, 2.45) is 0 Å². The highest BCUT2D eigenvalue weighted by Gasteiger charge is 2.56. The summed E-state index contributed by atoms with van der Waals surface area (Å²) in [6, 6.07) is 0. The summed E-state index contributed by atoms with van der Waals surface area (Å²) >= 11 is 5.89. The number of H-pyrrole nitrogens is 1. The lowest BCUT2D eigenvalue weighted by Gasteiger charge is -2.27. The number of aliphatic hydroxyl groups excluding tert-OH is 3. The van der Waals surface area contributed by atoms with E-state index in [1.54, 1.807) is 0 Å². The zero-order valence-corrected chi connectivity index (χ0v) is 11.6. The molecule has 0 amide bonds. The van der Waals surface area contributed by atoms with Crippen LogP contribution in [0.15, 0.2) is 4.79 Å².